The Morgan fingerprint density at radius 1 is 1.10 bits per heavy atom. The molecule has 0 aliphatic rings. The van der Waals surface area contributed by atoms with E-state index in [0.29, 0.717) is 5.56 Å². The predicted molar refractivity (Wildman–Crippen MR) is 77.2 cm³/mol. The highest BCUT2D eigenvalue weighted by atomic mass is 32.2. The van der Waals surface area contributed by atoms with Crippen molar-refractivity contribution in [1.29, 1.82) is 0 Å². The van der Waals surface area contributed by atoms with Crippen LogP contribution in [0.25, 0.3) is 0 Å². The lowest BCUT2D eigenvalue weighted by Gasteiger charge is -2.03. The van der Waals surface area contributed by atoms with Gasteiger partial charge in [-0.25, -0.2) is 4.83 Å². The molecule has 2 rings (SSSR count). The van der Waals surface area contributed by atoms with Gasteiger partial charge in [-0.2, -0.15) is 13.5 Å². The minimum absolute atomic E-state index is 0.0331. The number of sulfonamides is 1. The molecule has 0 bridgehead atoms. The van der Waals surface area contributed by atoms with Crippen molar-refractivity contribution in [3.05, 3.63) is 59.7 Å². The number of hydrogen-bond donors (Lipinski definition) is 2. The van der Waals surface area contributed by atoms with Gasteiger partial charge in [0.1, 0.15) is 5.75 Å². The van der Waals surface area contributed by atoms with Crippen molar-refractivity contribution in [2.24, 2.45) is 5.10 Å². The van der Waals surface area contributed by atoms with Crippen molar-refractivity contribution in [3.63, 3.8) is 0 Å². The molecule has 0 aliphatic carbocycles. The Kier molecular flexibility index (Phi) is 4.05. The zero-order valence-corrected chi connectivity index (χ0v) is 11.6. The Bertz CT molecular complexity index is 722. The molecule has 2 aromatic carbocycles. The SMILES string of the molecule is Cc1ccc(S(=O)(=O)N/N=C/c2ccccc2O)cc1. The molecule has 6 heteroatoms. The Balaban J connectivity index is 2.14. The number of nitrogens with zero attached hydrogens (tertiary/aromatic N) is 1. The number of hydrogen-bond acceptors (Lipinski definition) is 4. The third-order valence-corrected chi connectivity index (χ3v) is 3.88. The second kappa shape index (κ2) is 5.75. The van der Waals surface area contributed by atoms with Gasteiger partial charge in [-0.05, 0) is 31.2 Å². The highest BCUT2D eigenvalue weighted by molar-refractivity contribution is 7.89. The van der Waals surface area contributed by atoms with Crippen LogP contribution in [0.1, 0.15) is 11.1 Å². The predicted octanol–water partition coefficient (Wildman–Crippen LogP) is 2.01. The first-order valence-electron chi connectivity index (χ1n) is 5.88. The molecule has 0 saturated carbocycles. The molecule has 0 atom stereocenters. The van der Waals surface area contributed by atoms with Gasteiger partial charge in [0.25, 0.3) is 10.0 Å². The molecule has 0 unspecified atom stereocenters. The highest BCUT2D eigenvalue weighted by Gasteiger charge is 2.11. The van der Waals surface area contributed by atoms with Crippen molar-refractivity contribution < 1.29 is 13.5 Å². The van der Waals surface area contributed by atoms with E-state index in [2.05, 4.69) is 9.93 Å². The van der Waals surface area contributed by atoms with Crippen LogP contribution in [0.3, 0.4) is 0 Å². The normalized spacial score (nSPS) is 11.7. The number of rotatable bonds is 4. The van der Waals surface area contributed by atoms with Crippen LogP contribution in [0, 0.1) is 6.92 Å². The van der Waals surface area contributed by atoms with E-state index in [9.17, 15) is 13.5 Å². The summed E-state index contributed by atoms with van der Waals surface area (Å²) in [5.41, 5.74) is 1.40. The van der Waals surface area contributed by atoms with E-state index in [0.717, 1.165) is 5.56 Å². The molecule has 0 amide bonds. The Labute approximate surface area is 117 Å². The maximum atomic E-state index is 11.9. The largest absolute Gasteiger partial charge is 0.507 e. The molecule has 2 aromatic rings. The molecule has 0 aromatic heterocycles. The van der Waals surface area contributed by atoms with Crippen molar-refractivity contribution >= 4 is 16.2 Å². The number of benzene rings is 2. The number of hydrazone groups is 1. The number of aryl methyl sites for hydroxylation is 1. The fraction of sp³-hybridized carbons (Fsp3) is 0.0714. The van der Waals surface area contributed by atoms with Crippen LogP contribution in [-0.4, -0.2) is 19.7 Å². The van der Waals surface area contributed by atoms with Gasteiger partial charge in [0.2, 0.25) is 0 Å². The van der Waals surface area contributed by atoms with Crippen LogP contribution in [-0.2, 0) is 10.0 Å². The van der Waals surface area contributed by atoms with Gasteiger partial charge in [0.15, 0.2) is 0 Å². The molecule has 0 heterocycles. The van der Waals surface area contributed by atoms with Gasteiger partial charge in [-0.1, -0.05) is 29.8 Å². The van der Waals surface area contributed by atoms with Crippen LogP contribution in [0.2, 0.25) is 0 Å². The van der Waals surface area contributed by atoms with Crippen molar-refractivity contribution in [2.45, 2.75) is 11.8 Å². The molecule has 2 N–H and O–H groups in total. The minimum atomic E-state index is -3.69. The lowest BCUT2D eigenvalue weighted by Crippen LogP contribution is -2.18. The fourth-order valence-corrected chi connectivity index (χ4v) is 2.32. The molecule has 20 heavy (non-hydrogen) atoms. The van der Waals surface area contributed by atoms with Crippen LogP contribution < -0.4 is 4.83 Å². The van der Waals surface area contributed by atoms with Crippen molar-refractivity contribution in [2.75, 3.05) is 0 Å². The summed E-state index contributed by atoms with van der Waals surface area (Å²) in [4.78, 5) is 2.24. The van der Waals surface area contributed by atoms with Crippen molar-refractivity contribution in [1.82, 2.24) is 4.83 Å². The number of aromatic hydroxyl groups is 1. The maximum absolute atomic E-state index is 11.9. The number of nitrogens with one attached hydrogen (secondary N) is 1. The van der Waals surface area contributed by atoms with E-state index in [1.807, 2.05) is 6.92 Å². The monoisotopic (exact) mass is 290 g/mol. The third kappa shape index (κ3) is 3.36. The molecule has 0 fully saturated rings. The maximum Gasteiger partial charge on any atom is 0.276 e. The summed E-state index contributed by atoms with van der Waals surface area (Å²) in [6.07, 6.45) is 1.25. The first-order chi connectivity index (χ1) is 9.49. The molecule has 0 spiro atoms. The lowest BCUT2D eigenvalue weighted by atomic mass is 10.2. The van der Waals surface area contributed by atoms with E-state index < -0.39 is 10.0 Å². The molecule has 5 nitrogen and oxygen atoms in total. The zero-order valence-electron chi connectivity index (χ0n) is 10.8. The second-order valence-electron chi connectivity index (χ2n) is 4.22. The summed E-state index contributed by atoms with van der Waals surface area (Å²) < 4.78 is 23.9. The molecular weight excluding hydrogens is 276 g/mol. The summed E-state index contributed by atoms with van der Waals surface area (Å²) in [5, 5.41) is 13.2. The first-order valence-corrected chi connectivity index (χ1v) is 7.37. The van der Waals surface area contributed by atoms with Gasteiger partial charge >= 0.3 is 0 Å². The minimum Gasteiger partial charge on any atom is -0.507 e. The lowest BCUT2D eigenvalue weighted by molar-refractivity contribution is 0.474. The summed E-state index contributed by atoms with van der Waals surface area (Å²) in [5.74, 6) is 0.0331. The van der Waals surface area contributed by atoms with E-state index in [1.165, 1.54) is 24.4 Å². The Hall–Kier alpha value is -2.34. The average molecular weight is 290 g/mol. The van der Waals surface area contributed by atoms with Crippen LogP contribution in [0.15, 0.2) is 58.5 Å². The van der Waals surface area contributed by atoms with Gasteiger partial charge in [0, 0.05) is 5.56 Å². The highest BCUT2D eigenvalue weighted by Crippen LogP contribution is 2.13. The summed E-state index contributed by atoms with van der Waals surface area (Å²) in [6.45, 7) is 1.88. The number of phenolic OH excluding ortho intramolecular Hbond substituents is 1. The third-order valence-electron chi connectivity index (χ3n) is 2.64. The van der Waals surface area contributed by atoms with Gasteiger partial charge in [-0.15, -0.1) is 0 Å². The number of para-hydroxylation sites is 1. The molecule has 0 saturated heterocycles. The van der Waals surface area contributed by atoms with E-state index in [4.69, 9.17) is 0 Å². The second-order valence-corrected chi connectivity index (χ2v) is 5.89. The summed E-state index contributed by atoms with van der Waals surface area (Å²) >= 11 is 0. The quantitative estimate of drug-likeness (QED) is 0.668. The number of phenols is 1. The van der Waals surface area contributed by atoms with E-state index >= 15 is 0 Å². The van der Waals surface area contributed by atoms with E-state index in [1.54, 1.807) is 30.3 Å². The zero-order chi connectivity index (χ0) is 14.6. The Morgan fingerprint density at radius 2 is 1.75 bits per heavy atom. The standard InChI is InChI=1S/C14H14N2O3S/c1-11-6-8-13(9-7-11)20(18,19)16-15-10-12-4-2-3-5-14(12)17/h2-10,16-17H,1H3/b15-10+. The molecule has 0 radical (unpaired) electrons. The van der Waals surface area contributed by atoms with Crippen LogP contribution >= 0.6 is 0 Å². The van der Waals surface area contributed by atoms with Crippen LogP contribution in [0.4, 0.5) is 0 Å². The summed E-state index contributed by atoms with van der Waals surface area (Å²) in [6, 6.07) is 12.9. The topological polar surface area (TPSA) is 78.8 Å². The fourth-order valence-electron chi connectivity index (χ4n) is 1.53. The molecular formula is C14H14N2O3S. The Morgan fingerprint density at radius 3 is 2.40 bits per heavy atom. The molecule has 104 valence electrons. The van der Waals surface area contributed by atoms with Gasteiger partial charge in [-0.3, -0.25) is 0 Å². The summed E-state index contributed by atoms with van der Waals surface area (Å²) in [7, 11) is -3.69. The molecule has 0 aliphatic heterocycles. The van der Waals surface area contributed by atoms with E-state index in [-0.39, 0.29) is 10.6 Å². The van der Waals surface area contributed by atoms with Gasteiger partial charge in [0.05, 0.1) is 11.1 Å². The average Bonchev–Trinajstić information content (AvgIpc) is 2.41. The smallest absolute Gasteiger partial charge is 0.276 e. The van der Waals surface area contributed by atoms with Gasteiger partial charge < -0.3 is 5.11 Å². The van der Waals surface area contributed by atoms with Crippen molar-refractivity contribution in [3.8, 4) is 5.75 Å². The first kappa shape index (κ1) is 14.1. The van der Waals surface area contributed by atoms with Crippen LogP contribution in [0.5, 0.6) is 5.75 Å².